The number of carbonyl (C=O) groups is 2. The molecule has 1 saturated heterocycles. The Balaban J connectivity index is 2.51. The number of carbonyl (C=O) groups excluding carboxylic acids is 2. The van der Waals surface area contributed by atoms with Crippen LogP contribution in [-0.2, 0) is 9.59 Å². The van der Waals surface area contributed by atoms with Gasteiger partial charge in [-0.2, -0.15) is 0 Å². The third-order valence-electron chi connectivity index (χ3n) is 1.61. The lowest BCUT2D eigenvalue weighted by Crippen LogP contribution is -2.44. The molecule has 0 spiro atoms. The van der Waals surface area contributed by atoms with Crippen molar-refractivity contribution < 1.29 is 14.7 Å². The summed E-state index contributed by atoms with van der Waals surface area (Å²) in [4.78, 5) is 23.4. The molecular formula is C7H11NO3S. The van der Waals surface area contributed by atoms with E-state index in [1.807, 2.05) is 0 Å². The summed E-state index contributed by atoms with van der Waals surface area (Å²) in [6.45, 7) is 2.10. The maximum absolute atomic E-state index is 11.2. The van der Waals surface area contributed by atoms with Gasteiger partial charge < -0.3 is 10.0 Å². The Kier molecular flexibility index (Phi) is 3.11. The van der Waals surface area contributed by atoms with E-state index in [4.69, 9.17) is 5.11 Å². The molecule has 1 heterocycles. The van der Waals surface area contributed by atoms with E-state index in [0.29, 0.717) is 12.3 Å². The topological polar surface area (TPSA) is 57.6 Å². The number of aliphatic hydroxyl groups is 1. The molecule has 1 unspecified atom stereocenters. The van der Waals surface area contributed by atoms with Gasteiger partial charge in [0.2, 0.25) is 5.12 Å². The fraction of sp³-hybridized carbons (Fsp3) is 0.714. The van der Waals surface area contributed by atoms with E-state index in [9.17, 15) is 9.59 Å². The minimum Gasteiger partial charge on any atom is -0.384 e. The number of aliphatic hydroxyl groups excluding tert-OH is 1. The lowest BCUT2D eigenvalue weighted by molar-refractivity contribution is -0.140. The van der Waals surface area contributed by atoms with E-state index in [2.05, 4.69) is 0 Å². The summed E-state index contributed by atoms with van der Waals surface area (Å²) in [5.74, 6) is 0.278. The SMILES string of the molecule is CC(O)C(=O)N1CCSC(=O)C1. The predicted octanol–water partition coefficient (Wildman–Crippen LogP) is -0.531. The number of thioether (sulfide) groups is 1. The average Bonchev–Trinajstić information content (AvgIpc) is 2.03. The van der Waals surface area contributed by atoms with Crippen LogP contribution in [0, 0.1) is 0 Å². The van der Waals surface area contributed by atoms with Gasteiger partial charge in [0.15, 0.2) is 0 Å². The molecule has 5 heteroatoms. The summed E-state index contributed by atoms with van der Waals surface area (Å²) < 4.78 is 0. The molecule has 0 saturated carbocycles. The summed E-state index contributed by atoms with van der Waals surface area (Å²) in [7, 11) is 0. The molecule has 1 aliphatic heterocycles. The zero-order chi connectivity index (χ0) is 9.14. The van der Waals surface area contributed by atoms with Gasteiger partial charge in [0.05, 0.1) is 6.54 Å². The number of hydrogen-bond donors (Lipinski definition) is 1. The molecule has 12 heavy (non-hydrogen) atoms. The second kappa shape index (κ2) is 3.91. The normalized spacial score (nSPS) is 20.8. The lowest BCUT2D eigenvalue weighted by Gasteiger charge is -2.26. The Morgan fingerprint density at radius 2 is 2.42 bits per heavy atom. The van der Waals surface area contributed by atoms with Crippen LogP contribution < -0.4 is 0 Å². The number of nitrogens with zero attached hydrogens (tertiary/aromatic N) is 1. The van der Waals surface area contributed by atoms with Crippen molar-refractivity contribution in [3.63, 3.8) is 0 Å². The molecular weight excluding hydrogens is 178 g/mol. The standard InChI is InChI=1S/C7H11NO3S/c1-5(9)7(11)8-2-3-12-6(10)4-8/h5,9H,2-4H2,1H3. The second-order valence-corrected chi connectivity index (χ2v) is 3.81. The van der Waals surface area contributed by atoms with Crippen molar-refractivity contribution in [1.29, 1.82) is 0 Å². The molecule has 0 aromatic carbocycles. The van der Waals surface area contributed by atoms with E-state index < -0.39 is 6.10 Å². The highest BCUT2D eigenvalue weighted by atomic mass is 32.2. The second-order valence-electron chi connectivity index (χ2n) is 2.66. The van der Waals surface area contributed by atoms with Crippen LogP contribution in [0.3, 0.4) is 0 Å². The third-order valence-corrected chi connectivity index (χ3v) is 2.45. The number of amides is 1. The van der Waals surface area contributed by atoms with Gasteiger partial charge in [-0.05, 0) is 6.92 Å². The van der Waals surface area contributed by atoms with Gasteiger partial charge >= 0.3 is 0 Å². The van der Waals surface area contributed by atoms with E-state index in [1.54, 1.807) is 0 Å². The quantitative estimate of drug-likeness (QED) is 0.602. The third kappa shape index (κ3) is 2.22. The van der Waals surface area contributed by atoms with Gasteiger partial charge in [0, 0.05) is 12.3 Å². The van der Waals surface area contributed by atoms with E-state index >= 15 is 0 Å². The van der Waals surface area contributed by atoms with Crippen LogP contribution in [0.4, 0.5) is 0 Å². The van der Waals surface area contributed by atoms with Crippen molar-refractivity contribution >= 4 is 22.8 Å². The molecule has 0 aromatic heterocycles. The van der Waals surface area contributed by atoms with Crippen molar-refractivity contribution in [2.75, 3.05) is 18.8 Å². The average molecular weight is 189 g/mol. The molecule has 1 atom stereocenters. The smallest absolute Gasteiger partial charge is 0.251 e. The van der Waals surface area contributed by atoms with Crippen LogP contribution in [-0.4, -0.2) is 46.0 Å². The highest BCUT2D eigenvalue weighted by molar-refractivity contribution is 8.13. The monoisotopic (exact) mass is 189 g/mol. The fourth-order valence-electron chi connectivity index (χ4n) is 1.00. The van der Waals surface area contributed by atoms with Gasteiger partial charge in [0.1, 0.15) is 6.10 Å². The van der Waals surface area contributed by atoms with Gasteiger partial charge in [-0.1, -0.05) is 11.8 Å². The molecule has 0 radical (unpaired) electrons. The van der Waals surface area contributed by atoms with Gasteiger partial charge in [-0.25, -0.2) is 0 Å². The first-order valence-electron chi connectivity index (χ1n) is 3.73. The minimum atomic E-state index is -0.999. The molecule has 1 aliphatic rings. The Labute approximate surface area is 74.9 Å². The van der Waals surface area contributed by atoms with Crippen molar-refractivity contribution in [2.24, 2.45) is 0 Å². The lowest BCUT2D eigenvalue weighted by atomic mass is 10.3. The molecule has 68 valence electrons. The van der Waals surface area contributed by atoms with Crippen molar-refractivity contribution in [2.45, 2.75) is 13.0 Å². The Morgan fingerprint density at radius 1 is 1.75 bits per heavy atom. The molecule has 1 amide bonds. The number of hydrogen-bond acceptors (Lipinski definition) is 4. The molecule has 0 aliphatic carbocycles. The van der Waals surface area contributed by atoms with Crippen molar-refractivity contribution in [1.82, 2.24) is 4.90 Å². The highest BCUT2D eigenvalue weighted by Gasteiger charge is 2.24. The first-order chi connectivity index (χ1) is 5.61. The largest absolute Gasteiger partial charge is 0.384 e. The van der Waals surface area contributed by atoms with Gasteiger partial charge in [-0.3, -0.25) is 9.59 Å². The van der Waals surface area contributed by atoms with Gasteiger partial charge in [0.25, 0.3) is 5.91 Å². The first kappa shape index (κ1) is 9.54. The zero-order valence-corrected chi connectivity index (χ0v) is 7.63. The Bertz CT molecular complexity index is 205. The van der Waals surface area contributed by atoms with E-state index in [-0.39, 0.29) is 17.6 Å². The number of rotatable bonds is 1. The zero-order valence-electron chi connectivity index (χ0n) is 6.82. The summed E-state index contributed by atoms with van der Waals surface area (Å²) in [5, 5.41) is 8.95. The van der Waals surface area contributed by atoms with Crippen LogP contribution in [0.2, 0.25) is 0 Å². The summed E-state index contributed by atoms with van der Waals surface area (Å²) >= 11 is 1.24. The summed E-state index contributed by atoms with van der Waals surface area (Å²) in [6.07, 6.45) is -0.999. The minimum absolute atomic E-state index is 0.00440. The van der Waals surface area contributed by atoms with Gasteiger partial charge in [-0.15, -0.1) is 0 Å². The van der Waals surface area contributed by atoms with Crippen LogP contribution in [0.1, 0.15) is 6.92 Å². The molecule has 1 rings (SSSR count). The summed E-state index contributed by atoms with van der Waals surface area (Å²) in [6, 6.07) is 0. The van der Waals surface area contributed by atoms with Crippen molar-refractivity contribution in [3.05, 3.63) is 0 Å². The molecule has 4 nitrogen and oxygen atoms in total. The molecule has 0 aromatic rings. The van der Waals surface area contributed by atoms with Crippen LogP contribution >= 0.6 is 11.8 Å². The maximum atomic E-state index is 11.2. The van der Waals surface area contributed by atoms with Crippen molar-refractivity contribution in [3.8, 4) is 0 Å². The van der Waals surface area contributed by atoms with Crippen LogP contribution in [0.15, 0.2) is 0 Å². The fourth-order valence-corrected chi connectivity index (χ4v) is 1.79. The van der Waals surface area contributed by atoms with E-state index in [0.717, 1.165) is 0 Å². The van der Waals surface area contributed by atoms with Crippen LogP contribution in [0.5, 0.6) is 0 Å². The Morgan fingerprint density at radius 3 is 2.92 bits per heavy atom. The molecule has 0 bridgehead atoms. The maximum Gasteiger partial charge on any atom is 0.251 e. The van der Waals surface area contributed by atoms with E-state index in [1.165, 1.54) is 23.6 Å². The summed E-state index contributed by atoms with van der Waals surface area (Å²) in [5.41, 5.74) is 0. The highest BCUT2D eigenvalue weighted by Crippen LogP contribution is 2.11. The predicted molar refractivity (Wildman–Crippen MR) is 45.7 cm³/mol. The Hall–Kier alpha value is -0.550. The first-order valence-corrected chi connectivity index (χ1v) is 4.72. The molecule has 1 N–H and O–H groups in total. The molecule has 1 fully saturated rings. The van der Waals surface area contributed by atoms with Crippen LogP contribution in [0.25, 0.3) is 0 Å².